The molecule has 0 fully saturated rings. The Hall–Kier alpha value is -0.810. The highest BCUT2D eigenvalue weighted by atomic mass is 127. The summed E-state index contributed by atoms with van der Waals surface area (Å²) in [6.07, 6.45) is 1.56. The van der Waals surface area contributed by atoms with Crippen molar-refractivity contribution in [2.75, 3.05) is 0 Å². The van der Waals surface area contributed by atoms with Gasteiger partial charge in [0, 0.05) is 12.3 Å². The third-order valence-electron chi connectivity index (χ3n) is 1.75. The van der Waals surface area contributed by atoms with Crippen molar-refractivity contribution < 1.29 is 4.74 Å². The second-order valence-electron chi connectivity index (χ2n) is 2.85. The lowest BCUT2D eigenvalue weighted by molar-refractivity contribution is 0.460. The molecule has 0 saturated heterocycles. The highest BCUT2D eigenvalue weighted by molar-refractivity contribution is 14.1. The summed E-state index contributed by atoms with van der Waals surface area (Å²) in [5, 5.41) is 0.602. The largest absolute Gasteiger partial charge is 0.438 e. The van der Waals surface area contributed by atoms with Crippen molar-refractivity contribution in [3.8, 4) is 11.6 Å². The second kappa shape index (κ2) is 4.81. The second-order valence-corrected chi connectivity index (χ2v) is 4.45. The van der Waals surface area contributed by atoms with E-state index in [1.54, 1.807) is 18.3 Å². The summed E-state index contributed by atoms with van der Waals surface area (Å²) < 4.78 is 6.63. The summed E-state index contributed by atoms with van der Waals surface area (Å²) in [5.74, 6) is 1.34. The minimum absolute atomic E-state index is 0.545. The van der Waals surface area contributed by atoms with Gasteiger partial charge in [0.25, 0.3) is 0 Å². The van der Waals surface area contributed by atoms with Crippen LogP contribution in [0.25, 0.3) is 0 Å². The first kappa shape index (κ1) is 10.7. The molecule has 15 heavy (non-hydrogen) atoms. The van der Waals surface area contributed by atoms with Gasteiger partial charge in [-0.25, -0.2) is 4.98 Å². The Labute approximate surface area is 106 Å². The van der Waals surface area contributed by atoms with Gasteiger partial charge >= 0.3 is 0 Å². The molecule has 0 radical (unpaired) electrons. The maximum Gasteiger partial charge on any atom is 0.219 e. The van der Waals surface area contributed by atoms with Gasteiger partial charge in [-0.15, -0.1) is 0 Å². The van der Waals surface area contributed by atoms with Crippen molar-refractivity contribution in [2.45, 2.75) is 0 Å². The smallest absolute Gasteiger partial charge is 0.219 e. The number of hydrogen-bond acceptors (Lipinski definition) is 2. The molecule has 0 bridgehead atoms. The fourth-order valence-corrected chi connectivity index (χ4v) is 1.67. The Morgan fingerprint density at radius 1 is 1.13 bits per heavy atom. The van der Waals surface area contributed by atoms with Crippen LogP contribution in [-0.2, 0) is 0 Å². The Balaban J connectivity index is 2.22. The first-order valence-corrected chi connectivity index (χ1v) is 5.75. The number of para-hydroxylation sites is 1. The molecule has 0 aliphatic heterocycles. The van der Waals surface area contributed by atoms with E-state index in [1.807, 2.05) is 24.3 Å². The molecule has 1 aromatic heterocycles. The lowest BCUT2D eigenvalue weighted by Gasteiger charge is -2.05. The van der Waals surface area contributed by atoms with Gasteiger partial charge in [0.05, 0.1) is 8.59 Å². The molecule has 2 aromatic rings. The number of benzene rings is 1. The maximum absolute atomic E-state index is 5.73. The Morgan fingerprint density at radius 3 is 2.60 bits per heavy atom. The third-order valence-corrected chi connectivity index (χ3v) is 2.87. The van der Waals surface area contributed by atoms with Crippen LogP contribution in [0.2, 0.25) is 5.02 Å². The van der Waals surface area contributed by atoms with Gasteiger partial charge < -0.3 is 4.74 Å². The average molecular weight is 332 g/mol. The molecule has 0 aliphatic carbocycles. The van der Waals surface area contributed by atoms with Crippen LogP contribution < -0.4 is 4.74 Å². The quantitative estimate of drug-likeness (QED) is 0.772. The standard InChI is InChI=1S/C11H7ClINO/c12-8-5-6-11(14-7-8)15-10-4-2-1-3-9(10)13/h1-7H. The number of rotatable bonds is 2. The van der Waals surface area contributed by atoms with E-state index in [1.165, 1.54) is 0 Å². The first-order chi connectivity index (χ1) is 7.25. The van der Waals surface area contributed by atoms with E-state index in [4.69, 9.17) is 16.3 Å². The molecule has 0 spiro atoms. The van der Waals surface area contributed by atoms with E-state index in [-0.39, 0.29) is 0 Å². The van der Waals surface area contributed by atoms with Gasteiger partial charge in [-0.05, 0) is 40.8 Å². The van der Waals surface area contributed by atoms with Crippen molar-refractivity contribution in [2.24, 2.45) is 0 Å². The summed E-state index contributed by atoms with van der Waals surface area (Å²) >= 11 is 7.94. The Bertz CT molecular complexity index is 458. The summed E-state index contributed by atoms with van der Waals surface area (Å²) in [6, 6.07) is 11.3. The van der Waals surface area contributed by atoms with Gasteiger partial charge in [-0.2, -0.15) is 0 Å². The molecule has 0 N–H and O–H groups in total. The molecule has 0 aliphatic rings. The number of aromatic nitrogens is 1. The number of ether oxygens (including phenoxy) is 1. The maximum atomic E-state index is 5.73. The fraction of sp³-hybridized carbons (Fsp3) is 0. The Morgan fingerprint density at radius 2 is 1.93 bits per heavy atom. The topological polar surface area (TPSA) is 22.1 Å². The molecule has 0 amide bonds. The molecule has 4 heteroatoms. The molecule has 76 valence electrons. The van der Waals surface area contributed by atoms with Crippen LogP contribution in [0, 0.1) is 3.57 Å². The SMILES string of the molecule is Clc1ccc(Oc2ccccc2I)nc1. The highest BCUT2D eigenvalue weighted by Gasteiger charge is 2.01. The van der Waals surface area contributed by atoms with E-state index < -0.39 is 0 Å². The average Bonchev–Trinajstić information content (AvgIpc) is 2.25. The minimum atomic E-state index is 0.545. The zero-order valence-electron chi connectivity index (χ0n) is 7.65. The lowest BCUT2D eigenvalue weighted by Crippen LogP contribution is -1.88. The molecule has 2 nitrogen and oxygen atoms in total. The van der Waals surface area contributed by atoms with Crippen LogP contribution in [0.4, 0.5) is 0 Å². The monoisotopic (exact) mass is 331 g/mol. The van der Waals surface area contributed by atoms with Crippen LogP contribution in [0.3, 0.4) is 0 Å². The molecule has 0 unspecified atom stereocenters. The normalized spacial score (nSPS) is 10.0. The van der Waals surface area contributed by atoms with Crippen molar-refractivity contribution in [3.63, 3.8) is 0 Å². The summed E-state index contributed by atoms with van der Waals surface area (Å²) in [5.41, 5.74) is 0. The number of pyridine rings is 1. The molecular weight excluding hydrogens is 324 g/mol. The Kier molecular flexibility index (Phi) is 3.43. The van der Waals surface area contributed by atoms with Crippen molar-refractivity contribution in [1.29, 1.82) is 0 Å². The molecule has 0 saturated carbocycles. The van der Waals surface area contributed by atoms with E-state index >= 15 is 0 Å². The summed E-state index contributed by atoms with van der Waals surface area (Å²) in [6.45, 7) is 0. The molecule has 1 aromatic carbocycles. The number of halogens is 2. The van der Waals surface area contributed by atoms with E-state index in [0.717, 1.165) is 9.32 Å². The first-order valence-electron chi connectivity index (χ1n) is 4.29. The fourth-order valence-electron chi connectivity index (χ4n) is 1.06. The zero-order chi connectivity index (χ0) is 10.7. The van der Waals surface area contributed by atoms with Gasteiger partial charge in [-0.3, -0.25) is 0 Å². The highest BCUT2D eigenvalue weighted by Crippen LogP contribution is 2.25. The number of nitrogens with zero attached hydrogens (tertiary/aromatic N) is 1. The van der Waals surface area contributed by atoms with Gasteiger partial charge in [0.1, 0.15) is 5.75 Å². The predicted molar refractivity (Wildman–Crippen MR) is 68.5 cm³/mol. The van der Waals surface area contributed by atoms with Gasteiger partial charge in [-0.1, -0.05) is 23.7 Å². The van der Waals surface area contributed by atoms with Crippen molar-refractivity contribution >= 4 is 34.2 Å². The summed E-state index contributed by atoms with van der Waals surface area (Å²) in [4.78, 5) is 4.06. The van der Waals surface area contributed by atoms with E-state index in [2.05, 4.69) is 27.6 Å². The predicted octanol–water partition coefficient (Wildman–Crippen LogP) is 4.13. The third kappa shape index (κ3) is 2.82. The minimum Gasteiger partial charge on any atom is -0.438 e. The van der Waals surface area contributed by atoms with Crippen LogP contribution in [0.15, 0.2) is 42.6 Å². The number of hydrogen-bond donors (Lipinski definition) is 0. The lowest BCUT2D eigenvalue weighted by atomic mass is 10.3. The van der Waals surface area contributed by atoms with Crippen LogP contribution in [0.1, 0.15) is 0 Å². The van der Waals surface area contributed by atoms with Gasteiger partial charge in [0.15, 0.2) is 0 Å². The van der Waals surface area contributed by atoms with Gasteiger partial charge in [0.2, 0.25) is 5.88 Å². The van der Waals surface area contributed by atoms with Crippen molar-refractivity contribution in [1.82, 2.24) is 4.98 Å². The van der Waals surface area contributed by atoms with Crippen LogP contribution in [0.5, 0.6) is 11.6 Å². The molecule has 0 atom stereocenters. The van der Waals surface area contributed by atoms with E-state index in [9.17, 15) is 0 Å². The zero-order valence-corrected chi connectivity index (χ0v) is 10.6. The van der Waals surface area contributed by atoms with Crippen molar-refractivity contribution in [3.05, 3.63) is 51.2 Å². The molecule has 2 rings (SSSR count). The molecular formula is C11H7ClINO. The molecule has 1 heterocycles. The van der Waals surface area contributed by atoms with Crippen LogP contribution >= 0.6 is 34.2 Å². The summed E-state index contributed by atoms with van der Waals surface area (Å²) in [7, 11) is 0. The van der Waals surface area contributed by atoms with Crippen LogP contribution in [-0.4, -0.2) is 4.98 Å². The van der Waals surface area contributed by atoms with E-state index in [0.29, 0.717) is 10.9 Å².